The lowest BCUT2D eigenvalue weighted by atomic mass is 10.2. The predicted octanol–water partition coefficient (Wildman–Crippen LogP) is 2.60. The van der Waals surface area contributed by atoms with Crippen molar-refractivity contribution in [2.45, 2.75) is 23.3 Å². The van der Waals surface area contributed by atoms with Gasteiger partial charge in [0.25, 0.3) is 0 Å². The van der Waals surface area contributed by atoms with Crippen LogP contribution < -0.4 is 0 Å². The maximum atomic E-state index is 12.6. The maximum absolute atomic E-state index is 12.6. The lowest BCUT2D eigenvalue weighted by Crippen LogP contribution is -2.30. The Kier molecular flexibility index (Phi) is 4.89. The number of nitrogens with zero attached hydrogens (tertiary/aromatic N) is 1. The number of alkyl halides is 1. The fourth-order valence-electron chi connectivity index (χ4n) is 2.08. The Hall–Kier alpha value is -0.140. The zero-order valence-corrected chi connectivity index (χ0v) is 13.6. The third-order valence-corrected chi connectivity index (χ3v) is 6.38. The van der Waals surface area contributed by atoms with Crippen molar-refractivity contribution in [1.29, 1.82) is 0 Å². The van der Waals surface area contributed by atoms with Crippen LogP contribution in [0.1, 0.15) is 12.0 Å². The Bertz CT molecular complexity index is 564. The molecule has 19 heavy (non-hydrogen) atoms. The highest BCUT2D eigenvalue weighted by Crippen LogP contribution is 2.29. The minimum atomic E-state index is -3.50. The number of halogens is 2. The quantitative estimate of drug-likeness (QED) is 0.768. The smallest absolute Gasteiger partial charge is 0.244 e. The largest absolute Gasteiger partial charge is 0.380 e. The summed E-state index contributed by atoms with van der Waals surface area (Å²) in [5.74, 6) is 0.288. The second-order valence-corrected chi connectivity index (χ2v) is 7.44. The van der Waals surface area contributed by atoms with Gasteiger partial charge in [0.15, 0.2) is 0 Å². The number of hydrogen-bond donors (Lipinski definition) is 0. The van der Waals surface area contributed by atoms with Gasteiger partial charge in [0.2, 0.25) is 10.0 Å². The summed E-state index contributed by atoms with van der Waals surface area (Å²) in [6.07, 6.45) is 0.701. The molecule has 0 amide bonds. The van der Waals surface area contributed by atoms with Gasteiger partial charge in [-0.3, -0.25) is 0 Å². The maximum Gasteiger partial charge on any atom is 0.244 e. The number of methoxy groups -OCH3 is 1. The Balaban J connectivity index is 2.34. The summed E-state index contributed by atoms with van der Waals surface area (Å²) in [5.41, 5.74) is 0.783. The van der Waals surface area contributed by atoms with Gasteiger partial charge in [-0.2, -0.15) is 4.31 Å². The van der Waals surface area contributed by atoms with Gasteiger partial charge in [0.1, 0.15) is 0 Å². The van der Waals surface area contributed by atoms with Crippen molar-refractivity contribution in [1.82, 2.24) is 4.31 Å². The molecule has 1 aliphatic rings. The van der Waals surface area contributed by atoms with E-state index in [-0.39, 0.29) is 16.9 Å². The van der Waals surface area contributed by atoms with E-state index in [4.69, 9.17) is 16.3 Å². The molecule has 7 heteroatoms. The summed E-state index contributed by atoms with van der Waals surface area (Å²) in [4.78, 5) is 0.266. The fourth-order valence-corrected chi connectivity index (χ4v) is 4.70. The second kappa shape index (κ2) is 6.10. The number of sulfonamides is 1. The van der Waals surface area contributed by atoms with E-state index in [1.807, 2.05) is 0 Å². The summed E-state index contributed by atoms with van der Waals surface area (Å²) < 4.78 is 32.4. The van der Waals surface area contributed by atoms with Crippen molar-refractivity contribution in [3.8, 4) is 0 Å². The summed E-state index contributed by atoms with van der Waals surface area (Å²) in [6, 6.07) is 5.14. The molecule has 1 aliphatic heterocycles. The summed E-state index contributed by atoms with van der Waals surface area (Å²) in [7, 11) is -1.90. The van der Waals surface area contributed by atoms with Gasteiger partial charge in [-0.25, -0.2) is 8.42 Å². The van der Waals surface area contributed by atoms with E-state index in [1.54, 1.807) is 25.3 Å². The van der Waals surface area contributed by atoms with Crippen LogP contribution in [0.15, 0.2) is 27.6 Å². The van der Waals surface area contributed by atoms with Gasteiger partial charge < -0.3 is 4.74 Å². The van der Waals surface area contributed by atoms with E-state index in [1.165, 1.54) is 4.31 Å². The molecular weight excluding hydrogens is 354 g/mol. The van der Waals surface area contributed by atoms with Crippen molar-refractivity contribution in [2.75, 3.05) is 20.2 Å². The SMILES string of the molecule is COC1CCN(S(=O)(=O)c2cc(CCl)ccc2Br)C1. The zero-order chi connectivity index (χ0) is 14.0. The van der Waals surface area contributed by atoms with Gasteiger partial charge in [-0.15, -0.1) is 11.6 Å². The Morgan fingerprint density at radius 3 is 2.84 bits per heavy atom. The Labute approximate surface area is 126 Å². The molecule has 0 saturated carbocycles. The van der Waals surface area contributed by atoms with E-state index < -0.39 is 10.0 Å². The summed E-state index contributed by atoms with van der Waals surface area (Å²) >= 11 is 9.06. The van der Waals surface area contributed by atoms with Crippen LogP contribution in [0.5, 0.6) is 0 Å². The molecule has 0 spiro atoms. The minimum Gasteiger partial charge on any atom is -0.380 e. The van der Waals surface area contributed by atoms with Crippen LogP contribution in [0, 0.1) is 0 Å². The van der Waals surface area contributed by atoms with Crippen molar-refractivity contribution >= 4 is 37.6 Å². The molecule has 106 valence electrons. The van der Waals surface area contributed by atoms with Crippen molar-refractivity contribution in [3.05, 3.63) is 28.2 Å². The molecule has 1 atom stereocenters. The van der Waals surface area contributed by atoms with Gasteiger partial charge in [-0.1, -0.05) is 6.07 Å². The van der Waals surface area contributed by atoms with Crippen LogP contribution in [0.2, 0.25) is 0 Å². The number of benzene rings is 1. The van der Waals surface area contributed by atoms with Crippen molar-refractivity contribution < 1.29 is 13.2 Å². The van der Waals surface area contributed by atoms with E-state index >= 15 is 0 Å². The third-order valence-electron chi connectivity index (χ3n) is 3.21. The minimum absolute atomic E-state index is 0.0234. The van der Waals surface area contributed by atoms with Gasteiger partial charge in [-0.05, 0) is 40.0 Å². The highest BCUT2D eigenvalue weighted by molar-refractivity contribution is 9.10. The van der Waals surface area contributed by atoms with E-state index in [9.17, 15) is 8.42 Å². The summed E-state index contributed by atoms with van der Waals surface area (Å²) in [6.45, 7) is 0.884. The molecule has 1 aromatic carbocycles. The van der Waals surface area contributed by atoms with Crippen LogP contribution in [0.25, 0.3) is 0 Å². The normalized spacial score (nSPS) is 20.9. The molecule has 1 fully saturated rings. The zero-order valence-electron chi connectivity index (χ0n) is 10.5. The summed E-state index contributed by atoms with van der Waals surface area (Å²) in [5, 5.41) is 0. The first-order valence-corrected chi connectivity index (χ1v) is 8.63. The lowest BCUT2D eigenvalue weighted by molar-refractivity contribution is 0.115. The van der Waals surface area contributed by atoms with E-state index in [2.05, 4.69) is 15.9 Å². The van der Waals surface area contributed by atoms with Crippen LogP contribution >= 0.6 is 27.5 Å². The fraction of sp³-hybridized carbons (Fsp3) is 0.500. The first kappa shape index (κ1) is 15.3. The topological polar surface area (TPSA) is 46.6 Å². The van der Waals surface area contributed by atoms with Gasteiger partial charge in [0.05, 0.1) is 11.0 Å². The predicted molar refractivity (Wildman–Crippen MR) is 77.9 cm³/mol. The molecule has 1 aromatic rings. The van der Waals surface area contributed by atoms with Crippen LogP contribution in [-0.2, 0) is 20.6 Å². The Morgan fingerprint density at radius 1 is 1.53 bits per heavy atom. The standard InChI is InChI=1S/C12H15BrClNO3S/c1-18-10-4-5-15(8-10)19(16,17)12-6-9(7-14)2-3-11(12)13/h2-3,6,10H,4-5,7-8H2,1H3. The monoisotopic (exact) mass is 367 g/mol. The highest BCUT2D eigenvalue weighted by Gasteiger charge is 2.33. The van der Waals surface area contributed by atoms with Gasteiger partial charge in [0, 0.05) is 30.6 Å². The molecule has 0 aliphatic carbocycles. The molecule has 1 heterocycles. The second-order valence-electron chi connectivity index (χ2n) is 4.41. The van der Waals surface area contributed by atoms with Crippen LogP contribution in [-0.4, -0.2) is 39.0 Å². The van der Waals surface area contributed by atoms with E-state index in [0.29, 0.717) is 17.6 Å². The molecule has 0 N–H and O–H groups in total. The van der Waals surface area contributed by atoms with Crippen LogP contribution in [0.4, 0.5) is 0 Å². The first-order chi connectivity index (χ1) is 8.98. The van der Waals surface area contributed by atoms with Gasteiger partial charge >= 0.3 is 0 Å². The number of hydrogen-bond acceptors (Lipinski definition) is 3. The molecule has 0 radical (unpaired) electrons. The average Bonchev–Trinajstić information content (AvgIpc) is 2.88. The molecule has 4 nitrogen and oxygen atoms in total. The average molecular weight is 369 g/mol. The lowest BCUT2D eigenvalue weighted by Gasteiger charge is -2.17. The number of rotatable bonds is 4. The molecule has 1 saturated heterocycles. The van der Waals surface area contributed by atoms with Crippen molar-refractivity contribution in [3.63, 3.8) is 0 Å². The molecular formula is C12H15BrClNO3S. The molecule has 0 aromatic heterocycles. The molecule has 1 unspecified atom stereocenters. The third kappa shape index (κ3) is 3.13. The highest BCUT2D eigenvalue weighted by atomic mass is 79.9. The van der Waals surface area contributed by atoms with Crippen molar-refractivity contribution in [2.24, 2.45) is 0 Å². The Morgan fingerprint density at radius 2 is 2.26 bits per heavy atom. The number of ether oxygens (including phenoxy) is 1. The van der Waals surface area contributed by atoms with Crippen LogP contribution in [0.3, 0.4) is 0 Å². The molecule has 0 bridgehead atoms. The van der Waals surface area contributed by atoms with E-state index in [0.717, 1.165) is 12.0 Å². The first-order valence-electron chi connectivity index (χ1n) is 5.86. The molecule has 2 rings (SSSR count).